The first-order chi connectivity index (χ1) is 8.60. The fourth-order valence-electron chi connectivity index (χ4n) is 2.15. The molecule has 1 aromatic carbocycles. The van der Waals surface area contributed by atoms with Crippen molar-refractivity contribution in [2.75, 3.05) is 0 Å². The minimum Gasteiger partial charge on any atom is -0.466 e. The van der Waals surface area contributed by atoms with E-state index < -0.39 is 0 Å². The summed E-state index contributed by atoms with van der Waals surface area (Å²) in [4.78, 5) is 0. The number of hydrogen-bond donors (Lipinski definition) is 2. The topological polar surface area (TPSA) is 51.2 Å². The van der Waals surface area contributed by atoms with Crippen LogP contribution in [0.2, 0.25) is 0 Å². The Morgan fingerprint density at radius 1 is 1.33 bits per heavy atom. The molecule has 0 saturated carbocycles. The molecule has 0 bridgehead atoms. The third kappa shape index (κ3) is 2.78. The second-order valence-corrected chi connectivity index (χ2v) is 4.42. The summed E-state index contributed by atoms with van der Waals surface area (Å²) in [7, 11) is 0. The minimum atomic E-state index is -0.233. The first-order valence-corrected chi connectivity index (χ1v) is 5.87. The van der Waals surface area contributed by atoms with Gasteiger partial charge in [-0.2, -0.15) is 0 Å². The summed E-state index contributed by atoms with van der Waals surface area (Å²) < 4.78 is 18.6. The third-order valence-electron chi connectivity index (χ3n) is 2.98. The summed E-state index contributed by atoms with van der Waals surface area (Å²) in [6, 6.07) is 8.42. The van der Waals surface area contributed by atoms with Crippen LogP contribution in [0.5, 0.6) is 0 Å². The molecule has 0 fully saturated rings. The summed E-state index contributed by atoms with van der Waals surface area (Å²) >= 11 is 0. The molecule has 0 aliphatic heterocycles. The third-order valence-corrected chi connectivity index (χ3v) is 2.98. The van der Waals surface area contributed by atoms with Crippen LogP contribution in [0.25, 0.3) is 0 Å². The molecule has 0 aliphatic carbocycles. The van der Waals surface area contributed by atoms with Crippen molar-refractivity contribution in [3.8, 4) is 0 Å². The van der Waals surface area contributed by atoms with Crippen LogP contribution in [0.3, 0.4) is 0 Å². The van der Waals surface area contributed by atoms with Gasteiger partial charge in [-0.05, 0) is 44.0 Å². The molecule has 3 N–H and O–H groups in total. The predicted octanol–water partition coefficient (Wildman–Crippen LogP) is 2.78. The van der Waals surface area contributed by atoms with Gasteiger partial charge in [-0.15, -0.1) is 0 Å². The van der Waals surface area contributed by atoms with Gasteiger partial charge in [-0.25, -0.2) is 4.39 Å². The van der Waals surface area contributed by atoms with Gasteiger partial charge in [0.05, 0.1) is 6.04 Å². The van der Waals surface area contributed by atoms with Gasteiger partial charge in [0.2, 0.25) is 0 Å². The number of rotatable bonds is 4. The normalized spacial score (nSPS) is 12.7. The Hall–Kier alpha value is -1.65. The molecule has 0 aliphatic rings. The van der Waals surface area contributed by atoms with Gasteiger partial charge in [-0.1, -0.05) is 12.1 Å². The van der Waals surface area contributed by atoms with E-state index in [4.69, 9.17) is 10.3 Å². The van der Waals surface area contributed by atoms with Crippen molar-refractivity contribution in [1.29, 1.82) is 0 Å². The van der Waals surface area contributed by atoms with Gasteiger partial charge in [-0.3, -0.25) is 11.3 Å². The van der Waals surface area contributed by atoms with Crippen LogP contribution in [0.1, 0.15) is 28.7 Å². The Kier molecular flexibility index (Phi) is 3.79. The van der Waals surface area contributed by atoms with Crippen molar-refractivity contribution < 1.29 is 8.81 Å². The Bertz CT molecular complexity index is 536. The number of aryl methyl sites for hydroxylation is 2. The molecular weight excluding hydrogens is 231 g/mol. The molecule has 0 spiro atoms. The highest BCUT2D eigenvalue weighted by Crippen LogP contribution is 2.24. The van der Waals surface area contributed by atoms with Crippen LogP contribution in [0, 0.1) is 19.7 Å². The minimum absolute atomic E-state index is 0.0794. The van der Waals surface area contributed by atoms with Gasteiger partial charge in [0.15, 0.2) is 0 Å². The lowest BCUT2D eigenvalue weighted by Gasteiger charge is -2.15. The molecule has 1 heterocycles. The zero-order chi connectivity index (χ0) is 13.1. The summed E-state index contributed by atoms with van der Waals surface area (Å²) in [5.41, 5.74) is 4.67. The zero-order valence-corrected chi connectivity index (χ0v) is 10.5. The predicted molar refractivity (Wildman–Crippen MR) is 68.4 cm³/mol. The number of benzene rings is 1. The van der Waals surface area contributed by atoms with E-state index in [1.807, 2.05) is 26.0 Å². The van der Waals surface area contributed by atoms with Gasteiger partial charge in [0.25, 0.3) is 0 Å². The summed E-state index contributed by atoms with van der Waals surface area (Å²) in [6.45, 7) is 3.80. The first-order valence-electron chi connectivity index (χ1n) is 5.87. The Morgan fingerprint density at radius 2 is 2.11 bits per heavy atom. The summed E-state index contributed by atoms with van der Waals surface area (Å²) in [5.74, 6) is 7.04. The second-order valence-electron chi connectivity index (χ2n) is 4.42. The lowest BCUT2D eigenvalue weighted by atomic mass is 9.99. The van der Waals surface area contributed by atoms with Crippen molar-refractivity contribution >= 4 is 0 Å². The summed E-state index contributed by atoms with van der Waals surface area (Å²) in [6.07, 6.45) is 0.619. The van der Waals surface area contributed by atoms with Crippen molar-refractivity contribution in [1.82, 2.24) is 5.43 Å². The molecule has 1 unspecified atom stereocenters. The molecule has 1 atom stereocenters. The Morgan fingerprint density at radius 3 is 2.67 bits per heavy atom. The van der Waals surface area contributed by atoms with Crippen molar-refractivity contribution in [3.63, 3.8) is 0 Å². The van der Waals surface area contributed by atoms with E-state index in [-0.39, 0.29) is 11.9 Å². The van der Waals surface area contributed by atoms with Crippen LogP contribution in [-0.2, 0) is 6.42 Å². The summed E-state index contributed by atoms with van der Waals surface area (Å²) in [5, 5.41) is 0. The van der Waals surface area contributed by atoms with E-state index in [0.29, 0.717) is 6.42 Å². The molecule has 0 radical (unpaired) electrons. The lowest BCUT2D eigenvalue weighted by molar-refractivity contribution is 0.484. The molecule has 2 aromatic rings. The number of nitrogens with two attached hydrogens (primary N) is 1. The van der Waals surface area contributed by atoms with E-state index in [1.54, 1.807) is 6.07 Å². The van der Waals surface area contributed by atoms with Crippen LogP contribution >= 0.6 is 0 Å². The molecule has 96 valence electrons. The van der Waals surface area contributed by atoms with Gasteiger partial charge in [0, 0.05) is 5.56 Å². The van der Waals surface area contributed by atoms with Crippen LogP contribution in [-0.4, -0.2) is 0 Å². The lowest BCUT2D eigenvalue weighted by Crippen LogP contribution is -2.29. The second kappa shape index (κ2) is 5.33. The number of nitrogens with one attached hydrogen (secondary N) is 1. The largest absolute Gasteiger partial charge is 0.466 e. The average Bonchev–Trinajstić information content (AvgIpc) is 2.65. The number of halogens is 1. The smallest absolute Gasteiger partial charge is 0.123 e. The highest BCUT2D eigenvalue weighted by atomic mass is 19.1. The van der Waals surface area contributed by atoms with Gasteiger partial charge in [0.1, 0.15) is 17.3 Å². The number of furan rings is 1. The van der Waals surface area contributed by atoms with Gasteiger partial charge >= 0.3 is 0 Å². The maximum Gasteiger partial charge on any atom is 0.123 e. The molecule has 0 saturated heterocycles. The zero-order valence-electron chi connectivity index (χ0n) is 10.5. The van der Waals surface area contributed by atoms with E-state index in [9.17, 15) is 4.39 Å². The number of hydrazine groups is 1. The SMILES string of the molecule is Cc1cc(C(Cc2cccc(F)c2)NN)c(C)o1. The molecule has 0 amide bonds. The van der Waals surface area contributed by atoms with Crippen molar-refractivity contribution in [2.24, 2.45) is 5.84 Å². The molecule has 3 nitrogen and oxygen atoms in total. The maximum absolute atomic E-state index is 13.1. The first kappa shape index (κ1) is 12.8. The van der Waals surface area contributed by atoms with E-state index >= 15 is 0 Å². The molecule has 1 aromatic heterocycles. The fourth-order valence-corrected chi connectivity index (χ4v) is 2.15. The molecule has 2 rings (SSSR count). The highest BCUT2D eigenvalue weighted by Gasteiger charge is 2.16. The van der Waals surface area contributed by atoms with Crippen LogP contribution in [0.4, 0.5) is 4.39 Å². The van der Waals surface area contributed by atoms with Crippen molar-refractivity contribution in [2.45, 2.75) is 26.3 Å². The Labute approximate surface area is 106 Å². The van der Waals surface area contributed by atoms with E-state index in [2.05, 4.69) is 5.43 Å². The molecule has 4 heteroatoms. The standard InChI is InChI=1S/C14H17FN2O/c1-9-6-13(10(2)18-9)14(17-16)8-11-4-3-5-12(15)7-11/h3-7,14,17H,8,16H2,1-2H3. The van der Waals surface area contributed by atoms with Gasteiger partial charge < -0.3 is 4.42 Å². The van der Waals surface area contributed by atoms with E-state index in [0.717, 1.165) is 22.6 Å². The average molecular weight is 248 g/mol. The monoisotopic (exact) mass is 248 g/mol. The maximum atomic E-state index is 13.1. The fraction of sp³-hybridized carbons (Fsp3) is 0.286. The Balaban J connectivity index is 2.22. The van der Waals surface area contributed by atoms with Crippen molar-refractivity contribution in [3.05, 3.63) is 58.8 Å². The van der Waals surface area contributed by atoms with E-state index in [1.165, 1.54) is 12.1 Å². The highest BCUT2D eigenvalue weighted by molar-refractivity contribution is 5.27. The number of hydrogen-bond acceptors (Lipinski definition) is 3. The quantitative estimate of drug-likeness (QED) is 0.646. The molecular formula is C14H17FN2O. The van der Waals surface area contributed by atoms with Crippen LogP contribution < -0.4 is 11.3 Å². The van der Waals surface area contributed by atoms with Crippen LogP contribution in [0.15, 0.2) is 34.7 Å². The molecule has 18 heavy (non-hydrogen) atoms.